The lowest BCUT2D eigenvalue weighted by molar-refractivity contribution is -0.317. The third-order valence-electron chi connectivity index (χ3n) is 4.35. The number of fused-ring (bicyclic) bond motifs is 1. The fourth-order valence-electron chi connectivity index (χ4n) is 2.88. The molecule has 1 atom stereocenters. The van der Waals surface area contributed by atoms with E-state index in [2.05, 4.69) is 0 Å². The van der Waals surface area contributed by atoms with Crippen LogP contribution in [0, 0.1) is 6.92 Å². The predicted octanol–water partition coefficient (Wildman–Crippen LogP) is -0.802. The van der Waals surface area contributed by atoms with Crippen LogP contribution < -0.4 is 25.9 Å². The van der Waals surface area contributed by atoms with E-state index in [1.165, 1.54) is 6.07 Å². The number of carbonyl (C=O) groups is 3. The molecule has 0 spiro atoms. The van der Waals surface area contributed by atoms with Gasteiger partial charge in [-0.15, -0.1) is 0 Å². The largest absolute Gasteiger partial charge is 0.550 e. The molecule has 0 radical (unpaired) electrons. The summed E-state index contributed by atoms with van der Waals surface area (Å²) in [5, 5.41) is 24.2. The summed E-state index contributed by atoms with van der Waals surface area (Å²) in [5.74, 6) is -3.96. The zero-order valence-corrected chi connectivity index (χ0v) is 16.1. The highest BCUT2D eigenvalue weighted by atomic mass is 16.5. The maximum atomic E-state index is 11.9. The second-order valence-electron chi connectivity index (χ2n) is 6.56. The van der Waals surface area contributed by atoms with Gasteiger partial charge in [-0.2, -0.15) is 0 Å². The second-order valence-corrected chi connectivity index (χ2v) is 6.56. The van der Waals surface area contributed by atoms with E-state index in [1.54, 1.807) is 19.1 Å². The van der Waals surface area contributed by atoms with Gasteiger partial charge in [-0.3, -0.25) is 4.79 Å². The normalized spacial score (nSPS) is 11.8. The lowest BCUT2D eigenvalue weighted by atomic mass is 10.0. The van der Waals surface area contributed by atoms with E-state index in [-0.39, 0.29) is 5.75 Å². The van der Waals surface area contributed by atoms with Gasteiger partial charge in [0.15, 0.2) is 6.61 Å². The smallest absolute Gasteiger partial charge is 0.336 e. The first-order valence-corrected chi connectivity index (χ1v) is 9.12. The van der Waals surface area contributed by atoms with E-state index in [1.807, 2.05) is 12.2 Å². The van der Waals surface area contributed by atoms with Crippen LogP contribution in [0.5, 0.6) is 5.75 Å². The molecule has 0 bridgehead atoms. The van der Waals surface area contributed by atoms with Gasteiger partial charge in [-0.1, -0.05) is 13.3 Å². The van der Waals surface area contributed by atoms with Crippen molar-refractivity contribution in [2.75, 3.05) is 6.61 Å². The third kappa shape index (κ3) is 5.81. The zero-order valence-electron chi connectivity index (χ0n) is 16.1. The molecular weight excluding hydrogens is 382 g/mol. The average molecular weight is 403 g/mol. The fourth-order valence-corrected chi connectivity index (χ4v) is 2.88. The summed E-state index contributed by atoms with van der Waals surface area (Å²) in [4.78, 5) is 45.2. The van der Waals surface area contributed by atoms with E-state index in [0.717, 1.165) is 30.2 Å². The summed E-state index contributed by atoms with van der Waals surface area (Å²) in [7, 11) is 0. The fraction of sp³-hybridized carbons (Fsp3) is 0.400. The molecule has 156 valence electrons. The van der Waals surface area contributed by atoms with E-state index in [9.17, 15) is 29.4 Å². The van der Waals surface area contributed by atoms with Crippen molar-refractivity contribution >= 4 is 28.8 Å². The van der Waals surface area contributed by atoms with Crippen LogP contribution in [0.25, 0.3) is 11.0 Å². The number of ether oxygens (including phenoxy) is 1. The minimum absolute atomic E-state index is 0.272. The van der Waals surface area contributed by atoms with Crippen molar-refractivity contribution in [2.24, 2.45) is 0 Å². The molecular formula is C20H21NO8-2. The third-order valence-corrected chi connectivity index (χ3v) is 4.35. The molecule has 1 aromatic carbocycles. The van der Waals surface area contributed by atoms with Gasteiger partial charge < -0.3 is 34.3 Å². The van der Waals surface area contributed by atoms with Crippen molar-refractivity contribution in [1.82, 2.24) is 5.32 Å². The number of carboxylic acid groups (broad SMARTS) is 2. The molecule has 0 aliphatic heterocycles. The molecule has 0 unspecified atom stereocenters. The monoisotopic (exact) mass is 403 g/mol. The number of aryl methyl sites for hydroxylation is 2. The topological polar surface area (TPSA) is 149 Å². The Kier molecular flexibility index (Phi) is 7.35. The van der Waals surface area contributed by atoms with Gasteiger partial charge in [-0.05, 0) is 37.5 Å². The molecule has 9 heteroatoms. The van der Waals surface area contributed by atoms with Crippen LogP contribution in [0.3, 0.4) is 0 Å². The van der Waals surface area contributed by atoms with Crippen molar-refractivity contribution in [3.05, 3.63) is 39.7 Å². The summed E-state index contributed by atoms with van der Waals surface area (Å²) in [6, 6.07) is 3.08. The summed E-state index contributed by atoms with van der Waals surface area (Å²) in [6.45, 7) is 3.15. The van der Waals surface area contributed by atoms with Crippen LogP contribution in [0.15, 0.2) is 27.4 Å². The highest BCUT2D eigenvalue weighted by molar-refractivity contribution is 5.87. The Labute approximate surface area is 166 Å². The van der Waals surface area contributed by atoms with Crippen LogP contribution in [-0.4, -0.2) is 30.5 Å². The van der Waals surface area contributed by atoms with Crippen molar-refractivity contribution in [3.8, 4) is 5.75 Å². The van der Waals surface area contributed by atoms with Crippen LogP contribution in [0.2, 0.25) is 0 Å². The Morgan fingerprint density at radius 2 is 1.97 bits per heavy atom. The maximum absolute atomic E-state index is 11.9. The molecule has 2 rings (SSSR count). The number of hydrogen-bond donors (Lipinski definition) is 1. The van der Waals surface area contributed by atoms with Gasteiger partial charge in [0, 0.05) is 29.4 Å². The van der Waals surface area contributed by atoms with Gasteiger partial charge in [0.1, 0.15) is 11.3 Å². The van der Waals surface area contributed by atoms with Gasteiger partial charge >= 0.3 is 5.63 Å². The van der Waals surface area contributed by atoms with Crippen LogP contribution >= 0.6 is 0 Å². The Morgan fingerprint density at radius 3 is 2.59 bits per heavy atom. The second kappa shape index (κ2) is 9.72. The molecule has 9 nitrogen and oxygen atoms in total. The Morgan fingerprint density at radius 1 is 1.24 bits per heavy atom. The van der Waals surface area contributed by atoms with Gasteiger partial charge in [-0.25, -0.2) is 4.79 Å². The molecule has 1 amide bonds. The summed E-state index contributed by atoms with van der Waals surface area (Å²) >= 11 is 0. The minimum atomic E-state index is -1.74. The van der Waals surface area contributed by atoms with E-state index >= 15 is 0 Å². The summed E-state index contributed by atoms with van der Waals surface area (Å²) in [5.41, 5.74) is 1.24. The number of nitrogens with one attached hydrogen (secondary N) is 1. The molecule has 0 aliphatic carbocycles. The number of rotatable bonds is 10. The molecule has 1 N–H and O–H groups in total. The van der Waals surface area contributed by atoms with Crippen molar-refractivity contribution < 1.29 is 33.8 Å². The molecule has 0 saturated carbocycles. The van der Waals surface area contributed by atoms with E-state index in [0.29, 0.717) is 11.1 Å². The molecule has 1 aromatic heterocycles. The first kappa shape index (κ1) is 21.9. The number of hydrogen-bond acceptors (Lipinski definition) is 8. The molecule has 2 aromatic rings. The molecule has 29 heavy (non-hydrogen) atoms. The lowest BCUT2D eigenvalue weighted by Gasteiger charge is -2.20. The first-order valence-electron chi connectivity index (χ1n) is 9.12. The van der Waals surface area contributed by atoms with Gasteiger partial charge in [0.25, 0.3) is 5.91 Å². The average Bonchev–Trinajstić information content (AvgIpc) is 2.65. The van der Waals surface area contributed by atoms with Crippen LogP contribution in [-0.2, 0) is 20.8 Å². The Bertz CT molecular complexity index is 978. The molecule has 0 aliphatic rings. The van der Waals surface area contributed by atoms with Gasteiger partial charge in [0.05, 0.1) is 12.0 Å². The first-order chi connectivity index (χ1) is 13.7. The maximum Gasteiger partial charge on any atom is 0.336 e. The molecule has 0 fully saturated rings. The predicted molar refractivity (Wildman–Crippen MR) is 97.9 cm³/mol. The quantitative estimate of drug-likeness (QED) is 0.507. The Balaban J connectivity index is 2.17. The van der Waals surface area contributed by atoms with E-state index < -0.39 is 42.5 Å². The highest BCUT2D eigenvalue weighted by Gasteiger charge is 2.16. The van der Waals surface area contributed by atoms with Crippen molar-refractivity contribution in [3.63, 3.8) is 0 Å². The Hall–Kier alpha value is -3.36. The summed E-state index contributed by atoms with van der Waals surface area (Å²) < 4.78 is 10.7. The number of unbranched alkanes of at least 4 members (excludes halogenated alkanes) is 1. The standard InChI is InChI=1S/C20H23NO8/c1-3-4-5-12-8-18(25)29-19-11(2)15(7-6-13(12)19)28-10-16(22)21-14(20(26)27)9-17(23)24/h6-8,14H,3-5,9-10H2,1-2H3,(H,21,22)(H,23,24)(H,26,27)/p-2/t14-/m0/s1. The van der Waals surface area contributed by atoms with E-state index in [4.69, 9.17) is 9.15 Å². The highest BCUT2D eigenvalue weighted by Crippen LogP contribution is 2.29. The summed E-state index contributed by atoms with van der Waals surface area (Å²) in [6.07, 6.45) is 1.70. The number of benzene rings is 1. The molecule has 0 saturated heterocycles. The van der Waals surface area contributed by atoms with Crippen molar-refractivity contribution in [1.29, 1.82) is 0 Å². The van der Waals surface area contributed by atoms with Crippen LogP contribution in [0.4, 0.5) is 0 Å². The lowest BCUT2D eigenvalue weighted by Crippen LogP contribution is -2.51. The minimum Gasteiger partial charge on any atom is -0.550 e. The number of aliphatic carboxylic acids is 2. The van der Waals surface area contributed by atoms with Crippen LogP contribution in [0.1, 0.15) is 37.3 Å². The van der Waals surface area contributed by atoms with Gasteiger partial charge in [0.2, 0.25) is 0 Å². The number of amides is 1. The zero-order chi connectivity index (χ0) is 21.6. The number of carbonyl (C=O) groups excluding carboxylic acids is 3. The SMILES string of the molecule is CCCCc1cc(=O)oc2c(C)c(OCC(=O)N[C@@H](CC(=O)[O-])C(=O)[O-])ccc12. The number of carboxylic acids is 2. The molecule has 1 heterocycles. The van der Waals surface area contributed by atoms with Crippen molar-refractivity contribution in [2.45, 2.75) is 45.6 Å².